The first-order chi connectivity index (χ1) is 9.17. The van der Waals surface area contributed by atoms with Crippen LogP contribution in [0.2, 0.25) is 0 Å². The van der Waals surface area contributed by atoms with E-state index in [1.165, 1.54) is 0 Å². The summed E-state index contributed by atoms with van der Waals surface area (Å²) in [6, 6.07) is -0.249. The van der Waals surface area contributed by atoms with Gasteiger partial charge in [-0.1, -0.05) is 0 Å². The molecule has 0 N–H and O–H groups in total. The number of fused-ring (bicyclic) bond motifs is 1. The molecule has 3 saturated heterocycles. The topological polar surface area (TPSA) is 63.7 Å². The molecule has 0 amide bonds. The minimum Gasteiger partial charge on any atom is -0.459 e. The Kier molecular flexibility index (Phi) is 3.37. The van der Waals surface area contributed by atoms with Gasteiger partial charge in [-0.15, -0.1) is 23.4 Å². The van der Waals surface area contributed by atoms with Crippen molar-refractivity contribution in [2.24, 2.45) is 0 Å². The largest absolute Gasteiger partial charge is 0.459 e. The third-order valence-corrected chi connectivity index (χ3v) is 8.88. The monoisotopic (exact) mass is 339 g/mol. The van der Waals surface area contributed by atoms with Gasteiger partial charge >= 0.3 is 5.97 Å². The Morgan fingerprint density at radius 3 is 2.65 bits per heavy atom. The third kappa shape index (κ3) is 1.93. The van der Waals surface area contributed by atoms with Gasteiger partial charge < -0.3 is 4.74 Å². The molecule has 20 heavy (non-hydrogen) atoms. The van der Waals surface area contributed by atoms with Crippen molar-refractivity contribution in [1.29, 1.82) is 0 Å². The molecule has 3 rings (SSSR count). The van der Waals surface area contributed by atoms with Gasteiger partial charge in [0, 0.05) is 16.0 Å². The number of ether oxygens (including phenoxy) is 1. The summed E-state index contributed by atoms with van der Waals surface area (Å²) in [4.78, 5) is 11.5. The first-order valence-corrected chi connectivity index (χ1v) is 9.60. The lowest BCUT2D eigenvalue weighted by molar-refractivity contribution is -0.149. The van der Waals surface area contributed by atoms with Gasteiger partial charge in [0.25, 0.3) is 0 Å². The average molecular weight is 340 g/mol. The van der Waals surface area contributed by atoms with E-state index in [1.54, 1.807) is 16.1 Å². The number of nitrogens with zero attached hydrogens (tertiary/aromatic N) is 1. The molecule has 3 fully saturated rings. The van der Waals surface area contributed by atoms with Crippen LogP contribution in [0.1, 0.15) is 27.2 Å². The summed E-state index contributed by atoms with van der Waals surface area (Å²) in [6.07, 6.45) is 0.199. The van der Waals surface area contributed by atoms with E-state index in [9.17, 15) is 13.2 Å². The Morgan fingerprint density at radius 1 is 1.45 bits per heavy atom. The summed E-state index contributed by atoms with van der Waals surface area (Å²) in [7, 11) is -3.32. The number of carbonyl (C=O) groups is 1. The Morgan fingerprint density at radius 2 is 2.10 bits per heavy atom. The molecule has 0 spiro atoms. The van der Waals surface area contributed by atoms with Crippen molar-refractivity contribution in [1.82, 2.24) is 4.31 Å². The summed E-state index contributed by atoms with van der Waals surface area (Å²) in [5.41, 5.74) is -0.512. The second-order valence-electron chi connectivity index (χ2n) is 6.50. The summed E-state index contributed by atoms with van der Waals surface area (Å²) < 4.78 is 32.4. The van der Waals surface area contributed by atoms with Gasteiger partial charge in [0.2, 0.25) is 10.0 Å². The molecule has 0 aromatic carbocycles. The highest BCUT2D eigenvalue weighted by molar-refractivity contribution is 8.03. The van der Waals surface area contributed by atoms with Gasteiger partial charge in [0.05, 0.1) is 11.3 Å². The molecule has 0 radical (unpaired) electrons. The van der Waals surface area contributed by atoms with Gasteiger partial charge in [-0.2, -0.15) is 4.31 Å². The van der Waals surface area contributed by atoms with Crippen LogP contribution in [0.3, 0.4) is 0 Å². The molecule has 3 aliphatic rings. The van der Waals surface area contributed by atoms with E-state index < -0.39 is 21.5 Å². The number of hydrogen-bond acceptors (Lipinski definition) is 5. The molecule has 5 unspecified atom stereocenters. The van der Waals surface area contributed by atoms with E-state index in [2.05, 4.69) is 0 Å². The van der Waals surface area contributed by atoms with E-state index in [0.29, 0.717) is 6.42 Å². The lowest BCUT2D eigenvalue weighted by Gasteiger charge is -2.37. The first-order valence-electron chi connectivity index (χ1n) is 6.62. The Balaban J connectivity index is 1.99. The molecule has 2 bridgehead atoms. The molecule has 3 aliphatic heterocycles. The number of hydrogen-bond donors (Lipinski definition) is 0. The Labute approximate surface area is 128 Å². The first kappa shape index (κ1) is 14.9. The van der Waals surface area contributed by atoms with Crippen LogP contribution in [0, 0.1) is 0 Å². The number of halogens is 1. The van der Waals surface area contributed by atoms with Crippen LogP contribution in [-0.4, -0.2) is 58.0 Å². The Hall–Kier alpha value is 0.0200. The number of sulfonamides is 1. The standard InChI is InChI=1S/C12H18ClNO4S2/c1-12(2,3)14-9-10(18-8(15)5-13)6-4-7(11(9)19-6)20(14,16)17/h6-7,9-11H,4-5H2,1-3H3. The maximum Gasteiger partial charge on any atom is 0.321 e. The van der Waals surface area contributed by atoms with Crippen molar-refractivity contribution in [3.8, 4) is 0 Å². The lowest BCUT2D eigenvalue weighted by Crippen LogP contribution is -2.53. The third-order valence-electron chi connectivity index (χ3n) is 4.17. The van der Waals surface area contributed by atoms with Gasteiger partial charge in [0.1, 0.15) is 12.0 Å². The SMILES string of the molecule is CC(C)(C)N1C2C(OC(=O)CCl)C3CC(C2S3)S1(=O)=O. The second kappa shape index (κ2) is 4.51. The molecule has 114 valence electrons. The smallest absolute Gasteiger partial charge is 0.321 e. The van der Waals surface area contributed by atoms with Crippen LogP contribution >= 0.6 is 23.4 Å². The molecule has 5 nitrogen and oxygen atoms in total. The summed E-state index contributed by atoms with van der Waals surface area (Å²) in [5, 5.41) is -0.241. The second-order valence-corrected chi connectivity index (χ2v) is 10.2. The quantitative estimate of drug-likeness (QED) is 0.559. The summed E-state index contributed by atoms with van der Waals surface area (Å²) in [5.74, 6) is -0.670. The van der Waals surface area contributed by atoms with Crippen molar-refractivity contribution in [2.75, 3.05) is 5.88 Å². The number of rotatable bonds is 2. The minimum atomic E-state index is -3.32. The van der Waals surface area contributed by atoms with Crippen LogP contribution in [0.5, 0.6) is 0 Å². The zero-order valence-corrected chi connectivity index (χ0v) is 14.0. The zero-order valence-electron chi connectivity index (χ0n) is 11.6. The summed E-state index contributed by atoms with van der Waals surface area (Å²) in [6.45, 7) is 5.65. The van der Waals surface area contributed by atoms with E-state index >= 15 is 0 Å². The molecule has 0 aliphatic carbocycles. The van der Waals surface area contributed by atoms with E-state index in [1.807, 2.05) is 20.8 Å². The highest BCUT2D eigenvalue weighted by Crippen LogP contribution is 2.58. The molecule has 0 aromatic heterocycles. The molecule has 5 atom stereocenters. The molecule has 3 heterocycles. The number of thioether (sulfide) groups is 1. The number of esters is 1. The molecule has 0 saturated carbocycles. The molecular weight excluding hydrogens is 322 g/mol. The van der Waals surface area contributed by atoms with Crippen molar-refractivity contribution in [2.45, 2.75) is 60.6 Å². The highest BCUT2D eigenvalue weighted by atomic mass is 35.5. The fraction of sp³-hybridized carbons (Fsp3) is 0.917. The molecule has 0 aromatic rings. The normalized spacial score (nSPS) is 42.1. The van der Waals surface area contributed by atoms with E-state index in [-0.39, 0.29) is 33.8 Å². The number of alkyl halides is 1. The van der Waals surface area contributed by atoms with E-state index in [4.69, 9.17) is 16.3 Å². The maximum atomic E-state index is 12.7. The molecular formula is C12H18ClNO4S2. The fourth-order valence-corrected chi connectivity index (χ4v) is 8.95. The van der Waals surface area contributed by atoms with E-state index in [0.717, 1.165) is 0 Å². The predicted molar refractivity (Wildman–Crippen MR) is 78.5 cm³/mol. The fourth-order valence-electron chi connectivity index (χ4n) is 3.66. The number of carbonyl (C=O) groups excluding carboxylic acids is 1. The van der Waals surface area contributed by atoms with Crippen LogP contribution in [0.25, 0.3) is 0 Å². The van der Waals surface area contributed by atoms with Crippen molar-refractivity contribution < 1.29 is 17.9 Å². The average Bonchev–Trinajstić information content (AvgIpc) is 2.90. The van der Waals surface area contributed by atoms with Gasteiger partial charge in [-0.05, 0) is 27.2 Å². The predicted octanol–water partition coefficient (Wildman–Crippen LogP) is 1.21. The van der Waals surface area contributed by atoms with Gasteiger partial charge in [0.15, 0.2) is 0 Å². The van der Waals surface area contributed by atoms with Crippen LogP contribution in [-0.2, 0) is 19.6 Å². The zero-order chi connectivity index (χ0) is 14.9. The lowest BCUT2D eigenvalue weighted by atomic mass is 9.90. The molecule has 8 heteroatoms. The van der Waals surface area contributed by atoms with Gasteiger partial charge in [-0.25, -0.2) is 8.42 Å². The highest BCUT2D eigenvalue weighted by Gasteiger charge is 2.70. The van der Waals surface area contributed by atoms with Crippen LogP contribution in [0.4, 0.5) is 0 Å². The van der Waals surface area contributed by atoms with Crippen LogP contribution in [0.15, 0.2) is 0 Å². The van der Waals surface area contributed by atoms with Crippen molar-refractivity contribution in [3.63, 3.8) is 0 Å². The van der Waals surface area contributed by atoms with Gasteiger partial charge in [-0.3, -0.25) is 4.79 Å². The Bertz CT molecular complexity index is 544. The maximum absolute atomic E-state index is 12.7. The minimum absolute atomic E-state index is 0.0114. The van der Waals surface area contributed by atoms with Crippen LogP contribution < -0.4 is 0 Å². The van der Waals surface area contributed by atoms with Crippen molar-refractivity contribution in [3.05, 3.63) is 0 Å². The summed E-state index contributed by atoms with van der Waals surface area (Å²) >= 11 is 7.15. The van der Waals surface area contributed by atoms with Crippen molar-refractivity contribution >= 4 is 39.4 Å².